The van der Waals surface area contributed by atoms with Crippen LogP contribution in [0.15, 0.2) is 24.3 Å². The van der Waals surface area contributed by atoms with E-state index in [0.717, 1.165) is 0 Å². The molecule has 1 rings (SSSR count). The van der Waals surface area contributed by atoms with Crippen molar-refractivity contribution in [2.24, 2.45) is 0 Å². The smallest absolute Gasteiger partial charge is 0.178 e. The largest absolute Gasteiger partial charge is 0.293 e. The van der Waals surface area contributed by atoms with Gasteiger partial charge in [0, 0.05) is 17.0 Å². The molecule has 0 aliphatic heterocycles. The molecule has 0 atom stereocenters. The van der Waals surface area contributed by atoms with Crippen LogP contribution in [0, 0.1) is 34.5 Å². The van der Waals surface area contributed by atoms with Gasteiger partial charge in [0.15, 0.2) is 11.9 Å². The van der Waals surface area contributed by atoms with E-state index in [1.165, 1.54) is 0 Å². The van der Waals surface area contributed by atoms with Crippen LogP contribution in [0.5, 0.6) is 0 Å². The number of carbonyl (C=O) groups excluding carboxylic acids is 1. The topological polar surface area (TPSA) is 64.7 Å². The standard InChI is InChI=1S/C12H6N2O/c13-8-3-5-10-4-1-2-6-11(10)12(15)7-9-14/h1-2,4,6H,7H2. The van der Waals surface area contributed by atoms with E-state index >= 15 is 0 Å². The summed E-state index contributed by atoms with van der Waals surface area (Å²) < 4.78 is 0. The zero-order valence-electron chi connectivity index (χ0n) is 7.82. The molecule has 0 bridgehead atoms. The minimum absolute atomic E-state index is 0.175. The summed E-state index contributed by atoms with van der Waals surface area (Å²) in [5.74, 6) is 4.51. The summed E-state index contributed by atoms with van der Waals surface area (Å²) in [6, 6.07) is 10.1. The van der Waals surface area contributed by atoms with Gasteiger partial charge in [-0.25, -0.2) is 0 Å². The SMILES string of the molecule is N#CC#Cc1ccccc1C(=O)CC#N. The first-order valence-corrected chi connectivity index (χ1v) is 4.19. The lowest BCUT2D eigenvalue weighted by Gasteiger charge is -1.99. The number of Topliss-reactive ketones (excluding diaryl/α,β-unsaturated/α-hetero) is 1. The van der Waals surface area contributed by atoms with Crippen LogP contribution in [0.25, 0.3) is 0 Å². The third kappa shape index (κ3) is 2.69. The van der Waals surface area contributed by atoms with Gasteiger partial charge < -0.3 is 0 Å². The fourth-order valence-electron chi connectivity index (χ4n) is 1.10. The average Bonchev–Trinajstić information content (AvgIpc) is 2.27. The second kappa shape index (κ2) is 5.22. The number of rotatable bonds is 2. The number of carbonyl (C=O) groups is 1. The van der Waals surface area contributed by atoms with E-state index < -0.39 is 0 Å². The van der Waals surface area contributed by atoms with E-state index in [1.54, 1.807) is 36.4 Å². The van der Waals surface area contributed by atoms with Gasteiger partial charge in [-0.1, -0.05) is 18.2 Å². The van der Waals surface area contributed by atoms with Crippen molar-refractivity contribution in [3.8, 4) is 24.0 Å². The Morgan fingerprint density at radius 1 is 1.27 bits per heavy atom. The third-order valence-corrected chi connectivity index (χ3v) is 1.72. The van der Waals surface area contributed by atoms with E-state index in [-0.39, 0.29) is 12.2 Å². The van der Waals surface area contributed by atoms with Crippen LogP contribution in [0.3, 0.4) is 0 Å². The Labute approximate surface area is 87.6 Å². The van der Waals surface area contributed by atoms with Crippen LogP contribution < -0.4 is 0 Å². The van der Waals surface area contributed by atoms with Gasteiger partial charge in [-0.2, -0.15) is 10.5 Å². The molecule has 0 unspecified atom stereocenters. The first kappa shape index (κ1) is 10.5. The molecule has 70 valence electrons. The van der Waals surface area contributed by atoms with Crippen LogP contribution in [-0.4, -0.2) is 5.78 Å². The minimum atomic E-state index is -0.277. The first-order valence-electron chi connectivity index (χ1n) is 4.19. The first-order chi connectivity index (χ1) is 7.29. The molecular formula is C12H6N2O. The van der Waals surface area contributed by atoms with Gasteiger partial charge in [-0.05, 0) is 12.0 Å². The van der Waals surface area contributed by atoms with Crippen LogP contribution >= 0.6 is 0 Å². The molecule has 15 heavy (non-hydrogen) atoms. The van der Waals surface area contributed by atoms with Gasteiger partial charge in [0.1, 0.15) is 0 Å². The van der Waals surface area contributed by atoms with Crippen molar-refractivity contribution in [3.05, 3.63) is 35.4 Å². The maximum absolute atomic E-state index is 11.5. The van der Waals surface area contributed by atoms with Crippen LogP contribution in [-0.2, 0) is 0 Å². The number of nitriles is 2. The van der Waals surface area contributed by atoms with Crippen molar-refractivity contribution < 1.29 is 4.79 Å². The Kier molecular flexibility index (Phi) is 3.66. The summed E-state index contributed by atoms with van der Waals surface area (Å²) in [5.41, 5.74) is 0.876. The van der Waals surface area contributed by atoms with Crippen LogP contribution in [0.4, 0.5) is 0 Å². The van der Waals surface area contributed by atoms with Crippen molar-refractivity contribution in [1.29, 1.82) is 10.5 Å². The molecule has 0 radical (unpaired) electrons. The molecule has 1 aromatic rings. The lowest BCUT2D eigenvalue weighted by atomic mass is 10.0. The van der Waals surface area contributed by atoms with Gasteiger partial charge >= 0.3 is 0 Å². The minimum Gasteiger partial charge on any atom is -0.293 e. The third-order valence-electron chi connectivity index (χ3n) is 1.72. The van der Waals surface area contributed by atoms with E-state index in [2.05, 4.69) is 11.8 Å². The normalized spacial score (nSPS) is 7.87. The summed E-state index contributed by atoms with van der Waals surface area (Å²) in [7, 11) is 0. The van der Waals surface area contributed by atoms with E-state index in [1.807, 2.05) is 0 Å². The van der Waals surface area contributed by atoms with Gasteiger partial charge in [0.2, 0.25) is 0 Å². The predicted octanol–water partition coefficient (Wildman–Crippen LogP) is 1.66. The van der Waals surface area contributed by atoms with Crippen LogP contribution in [0.2, 0.25) is 0 Å². The summed E-state index contributed by atoms with van der Waals surface area (Å²) in [4.78, 5) is 11.5. The number of hydrogen-bond donors (Lipinski definition) is 0. The molecule has 0 spiro atoms. The van der Waals surface area contributed by atoms with Gasteiger partial charge in [0.05, 0.1) is 12.5 Å². The Balaban J connectivity index is 3.14. The zero-order chi connectivity index (χ0) is 11.1. The summed E-state index contributed by atoms with van der Waals surface area (Å²) in [6.07, 6.45) is -0.175. The second-order valence-electron chi connectivity index (χ2n) is 2.67. The lowest BCUT2D eigenvalue weighted by Crippen LogP contribution is -2.00. The van der Waals surface area contributed by atoms with Crippen LogP contribution in [0.1, 0.15) is 22.3 Å². The number of benzene rings is 1. The highest BCUT2D eigenvalue weighted by Gasteiger charge is 2.08. The molecule has 0 saturated carbocycles. The highest BCUT2D eigenvalue weighted by atomic mass is 16.1. The van der Waals surface area contributed by atoms with Crippen molar-refractivity contribution in [2.75, 3.05) is 0 Å². The molecule has 3 heteroatoms. The van der Waals surface area contributed by atoms with Gasteiger partial charge in [-0.3, -0.25) is 4.79 Å². The van der Waals surface area contributed by atoms with Crippen molar-refractivity contribution in [2.45, 2.75) is 6.42 Å². The molecule has 0 aliphatic carbocycles. The molecule has 0 aromatic heterocycles. The lowest BCUT2D eigenvalue weighted by molar-refractivity contribution is 0.0997. The highest BCUT2D eigenvalue weighted by molar-refractivity contribution is 5.99. The maximum atomic E-state index is 11.5. The molecule has 3 nitrogen and oxygen atoms in total. The van der Waals surface area contributed by atoms with Crippen molar-refractivity contribution in [3.63, 3.8) is 0 Å². The highest BCUT2D eigenvalue weighted by Crippen LogP contribution is 2.09. The summed E-state index contributed by atoms with van der Waals surface area (Å²) >= 11 is 0. The average molecular weight is 194 g/mol. The number of ketones is 1. The molecule has 0 amide bonds. The Morgan fingerprint density at radius 3 is 2.67 bits per heavy atom. The number of nitrogens with zero attached hydrogens (tertiary/aromatic N) is 2. The molecular weight excluding hydrogens is 188 g/mol. The summed E-state index contributed by atoms with van der Waals surface area (Å²) in [6.45, 7) is 0. The maximum Gasteiger partial charge on any atom is 0.178 e. The molecule has 0 N–H and O–H groups in total. The molecule has 0 heterocycles. The number of hydrogen-bond acceptors (Lipinski definition) is 3. The van der Waals surface area contributed by atoms with Gasteiger partial charge in [-0.15, -0.1) is 0 Å². The molecule has 0 saturated heterocycles. The Bertz CT molecular complexity index is 521. The van der Waals surface area contributed by atoms with Crippen molar-refractivity contribution >= 4 is 5.78 Å². The van der Waals surface area contributed by atoms with E-state index in [0.29, 0.717) is 11.1 Å². The Hall–Kier alpha value is -2.57. The van der Waals surface area contributed by atoms with E-state index in [9.17, 15) is 4.79 Å². The van der Waals surface area contributed by atoms with E-state index in [4.69, 9.17) is 10.5 Å². The predicted molar refractivity (Wildman–Crippen MR) is 53.5 cm³/mol. The zero-order valence-corrected chi connectivity index (χ0v) is 7.82. The molecule has 0 fully saturated rings. The fraction of sp³-hybridized carbons (Fsp3) is 0.0833. The molecule has 0 aliphatic rings. The Morgan fingerprint density at radius 2 is 2.00 bits per heavy atom. The molecule has 1 aromatic carbocycles. The quantitative estimate of drug-likeness (QED) is 0.531. The van der Waals surface area contributed by atoms with Crippen molar-refractivity contribution in [1.82, 2.24) is 0 Å². The van der Waals surface area contributed by atoms with Gasteiger partial charge in [0.25, 0.3) is 0 Å². The second-order valence-corrected chi connectivity index (χ2v) is 2.67. The fourth-order valence-corrected chi connectivity index (χ4v) is 1.10. The summed E-state index contributed by atoms with van der Waals surface area (Å²) in [5, 5.41) is 16.7. The monoisotopic (exact) mass is 194 g/mol.